The van der Waals surface area contributed by atoms with Crippen molar-refractivity contribution in [2.75, 3.05) is 12.3 Å². The molecule has 6 heteroatoms. The minimum absolute atomic E-state index is 0.00164. The number of hydrogen-bond acceptors (Lipinski definition) is 4. The van der Waals surface area contributed by atoms with Gasteiger partial charge in [0.1, 0.15) is 12.2 Å². The molecule has 6 nitrogen and oxygen atoms in total. The van der Waals surface area contributed by atoms with Gasteiger partial charge in [0.25, 0.3) is 5.91 Å². The fourth-order valence-electron chi connectivity index (χ4n) is 1.95. The van der Waals surface area contributed by atoms with Gasteiger partial charge < -0.3 is 10.6 Å². The number of aryl methyl sites for hydroxylation is 1. The molecule has 20 heavy (non-hydrogen) atoms. The maximum Gasteiger partial charge on any atom is 0.275 e. The average molecular weight is 269 g/mol. The summed E-state index contributed by atoms with van der Waals surface area (Å²) >= 11 is 0. The maximum absolute atomic E-state index is 12.5. The first-order valence-electron chi connectivity index (χ1n) is 6.11. The molecule has 1 aromatic carbocycles. The van der Waals surface area contributed by atoms with Crippen molar-refractivity contribution >= 4 is 11.6 Å². The third kappa shape index (κ3) is 2.78. The lowest BCUT2D eigenvalue weighted by Gasteiger charge is -2.20. The van der Waals surface area contributed by atoms with E-state index >= 15 is 0 Å². The average Bonchev–Trinajstić information content (AvgIpc) is 2.78. The molecular formula is C14H15N5O. The first kappa shape index (κ1) is 13.6. The van der Waals surface area contributed by atoms with Crippen LogP contribution in [0.5, 0.6) is 0 Å². The third-order valence-electron chi connectivity index (χ3n) is 2.93. The summed E-state index contributed by atoms with van der Waals surface area (Å²) in [6.07, 6.45) is 1.43. The lowest BCUT2D eigenvalue weighted by Crippen LogP contribution is -2.32. The number of carbonyl (C=O) groups is 1. The van der Waals surface area contributed by atoms with E-state index in [2.05, 4.69) is 5.10 Å². The Labute approximate surface area is 117 Å². The number of amides is 1. The summed E-state index contributed by atoms with van der Waals surface area (Å²) in [5.74, 6) is -0.298. The lowest BCUT2D eigenvalue weighted by atomic mass is 10.2. The standard InChI is InChI=1S/C14H15N5O/c1-18-13(12(16)9-17-18)14(20)19(8-7-15)10-11-5-3-2-4-6-11/h2-6,9H,8,10,16H2,1H3. The van der Waals surface area contributed by atoms with Gasteiger partial charge in [0.15, 0.2) is 0 Å². The zero-order valence-corrected chi connectivity index (χ0v) is 11.2. The highest BCUT2D eigenvalue weighted by Crippen LogP contribution is 2.14. The number of nitriles is 1. The summed E-state index contributed by atoms with van der Waals surface area (Å²) in [5.41, 5.74) is 7.33. The molecule has 0 spiro atoms. The second kappa shape index (κ2) is 5.89. The number of anilines is 1. The minimum Gasteiger partial charge on any atom is -0.396 e. The van der Waals surface area contributed by atoms with Gasteiger partial charge in [0.2, 0.25) is 0 Å². The molecule has 1 aromatic heterocycles. The van der Waals surface area contributed by atoms with Crippen molar-refractivity contribution < 1.29 is 4.79 Å². The summed E-state index contributed by atoms with van der Waals surface area (Å²) in [6, 6.07) is 11.5. The second-order valence-corrected chi connectivity index (χ2v) is 4.38. The molecule has 0 bridgehead atoms. The third-order valence-corrected chi connectivity index (χ3v) is 2.93. The monoisotopic (exact) mass is 269 g/mol. The number of nitrogen functional groups attached to an aromatic ring is 1. The first-order valence-corrected chi connectivity index (χ1v) is 6.11. The van der Waals surface area contributed by atoms with Crippen LogP contribution in [0.15, 0.2) is 36.5 Å². The van der Waals surface area contributed by atoms with Crippen molar-refractivity contribution in [2.24, 2.45) is 7.05 Å². The van der Waals surface area contributed by atoms with Crippen molar-refractivity contribution in [1.82, 2.24) is 14.7 Å². The molecule has 1 amide bonds. The van der Waals surface area contributed by atoms with E-state index in [-0.39, 0.29) is 12.5 Å². The summed E-state index contributed by atoms with van der Waals surface area (Å²) in [7, 11) is 1.65. The summed E-state index contributed by atoms with van der Waals surface area (Å²) in [5, 5.41) is 12.9. The number of hydrogen-bond donors (Lipinski definition) is 1. The van der Waals surface area contributed by atoms with Gasteiger partial charge in [-0.1, -0.05) is 30.3 Å². The topological polar surface area (TPSA) is 87.9 Å². The minimum atomic E-state index is -0.298. The Morgan fingerprint density at radius 3 is 2.70 bits per heavy atom. The predicted octanol–water partition coefficient (Wildman–Crippen LogP) is 1.17. The Morgan fingerprint density at radius 2 is 2.15 bits per heavy atom. The molecule has 0 radical (unpaired) electrons. The van der Waals surface area contributed by atoms with E-state index in [1.807, 2.05) is 36.4 Å². The number of nitrogens with zero attached hydrogens (tertiary/aromatic N) is 4. The van der Waals surface area contributed by atoms with Crippen LogP contribution in [0.25, 0.3) is 0 Å². The van der Waals surface area contributed by atoms with Gasteiger partial charge in [-0.15, -0.1) is 0 Å². The van der Waals surface area contributed by atoms with Crippen molar-refractivity contribution in [3.63, 3.8) is 0 Å². The molecule has 2 rings (SSSR count). The van der Waals surface area contributed by atoms with E-state index in [1.54, 1.807) is 7.05 Å². The van der Waals surface area contributed by atoms with Crippen LogP contribution in [0.2, 0.25) is 0 Å². The fourth-order valence-corrected chi connectivity index (χ4v) is 1.95. The van der Waals surface area contributed by atoms with Crippen LogP contribution in [0.4, 0.5) is 5.69 Å². The Kier molecular flexibility index (Phi) is 4.01. The van der Waals surface area contributed by atoms with E-state index in [9.17, 15) is 4.79 Å². The molecule has 2 aromatic rings. The van der Waals surface area contributed by atoms with Gasteiger partial charge in [-0.2, -0.15) is 10.4 Å². The van der Waals surface area contributed by atoms with Gasteiger partial charge in [0, 0.05) is 13.6 Å². The highest BCUT2D eigenvalue weighted by Gasteiger charge is 2.21. The molecule has 0 atom stereocenters. The number of carbonyl (C=O) groups excluding carboxylic acids is 1. The molecule has 102 valence electrons. The maximum atomic E-state index is 12.5. The molecule has 0 unspecified atom stereocenters. The summed E-state index contributed by atoms with van der Waals surface area (Å²) in [6.45, 7) is 0.357. The van der Waals surface area contributed by atoms with Gasteiger partial charge in [-0.3, -0.25) is 9.48 Å². The van der Waals surface area contributed by atoms with Gasteiger partial charge >= 0.3 is 0 Å². The van der Waals surface area contributed by atoms with Gasteiger partial charge in [-0.05, 0) is 5.56 Å². The lowest BCUT2D eigenvalue weighted by molar-refractivity contribution is 0.0755. The largest absolute Gasteiger partial charge is 0.396 e. The van der Waals surface area contributed by atoms with Crippen LogP contribution < -0.4 is 5.73 Å². The van der Waals surface area contributed by atoms with Crippen LogP contribution in [-0.4, -0.2) is 27.1 Å². The Balaban J connectivity index is 2.25. The zero-order valence-electron chi connectivity index (χ0n) is 11.2. The molecule has 0 saturated carbocycles. The van der Waals surface area contributed by atoms with Gasteiger partial charge in [-0.25, -0.2) is 0 Å². The number of rotatable bonds is 4. The van der Waals surface area contributed by atoms with E-state index in [0.717, 1.165) is 5.56 Å². The van der Waals surface area contributed by atoms with Crippen molar-refractivity contribution in [3.8, 4) is 6.07 Å². The van der Waals surface area contributed by atoms with E-state index in [4.69, 9.17) is 11.0 Å². The molecule has 0 aliphatic rings. The Morgan fingerprint density at radius 1 is 1.45 bits per heavy atom. The Bertz CT molecular complexity index is 622. The zero-order chi connectivity index (χ0) is 14.5. The van der Waals surface area contributed by atoms with Crippen molar-refractivity contribution in [2.45, 2.75) is 6.54 Å². The van der Waals surface area contributed by atoms with E-state index in [0.29, 0.717) is 17.9 Å². The van der Waals surface area contributed by atoms with Crippen LogP contribution in [0, 0.1) is 11.3 Å². The summed E-state index contributed by atoms with van der Waals surface area (Å²) < 4.78 is 1.42. The number of benzene rings is 1. The molecular weight excluding hydrogens is 254 g/mol. The molecule has 0 aliphatic carbocycles. The van der Waals surface area contributed by atoms with Gasteiger partial charge in [0.05, 0.1) is 18.0 Å². The number of nitrogens with two attached hydrogens (primary N) is 1. The molecule has 2 N–H and O–H groups in total. The SMILES string of the molecule is Cn1ncc(N)c1C(=O)N(CC#N)Cc1ccccc1. The predicted molar refractivity (Wildman–Crippen MR) is 74.4 cm³/mol. The van der Waals surface area contributed by atoms with Crippen molar-refractivity contribution in [1.29, 1.82) is 5.26 Å². The second-order valence-electron chi connectivity index (χ2n) is 4.38. The highest BCUT2D eigenvalue weighted by molar-refractivity contribution is 5.97. The van der Waals surface area contributed by atoms with E-state index in [1.165, 1.54) is 15.8 Å². The van der Waals surface area contributed by atoms with Crippen LogP contribution in [0.3, 0.4) is 0 Å². The quantitative estimate of drug-likeness (QED) is 0.844. The summed E-state index contributed by atoms with van der Waals surface area (Å²) in [4.78, 5) is 13.9. The van der Waals surface area contributed by atoms with Crippen LogP contribution in [-0.2, 0) is 13.6 Å². The van der Waals surface area contributed by atoms with Crippen molar-refractivity contribution in [3.05, 3.63) is 47.8 Å². The Hall–Kier alpha value is -2.81. The highest BCUT2D eigenvalue weighted by atomic mass is 16.2. The smallest absolute Gasteiger partial charge is 0.275 e. The molecule has 0 saturated heterocycles. The molecule has 1 heterocycles. The van der Waals surface area contributed by atoms with E-state index < -0.39 is 0 Å². The number of aromatic nitrogens is 2. The first-order chi connectivity index (χ1) is 9.63. The fraction of sp³-hybridized carbons (Fsp3) is 0.214. The normalized spacial score (nSPS) is 10.0. The van der Waals surface area contributed by atoms with Crippen LogP contribution in [0.1, 0.15) is 16.1 Å². The molecule has 0 aliphatic heterocycles. The molecule has 0 fully saturated rings. The van der Waals surface area contributed by atoms with Crippen LogP contribution >= 0.6 is 0 Å².